The van der Waals surface area contributed by atoms with Crippen molar-refractivity contribution in [3.63, 3.8) is 0 Å². The Hall–Kier alpha value is -3.01. The number of likely N-dealkylation sites (N-methyl/N-ethyl adjacent to an activating group) is 1. The van der Waals surface area contributed by atoms with E-state index in [0.29, 0.717) is 59.3 Å². The van der Waals surface area contributed by atoms with Crippen molar-refractivity contribution in [2.45, 2.75) is 17.3 Å². The van der Waals surface area contributed by atoms with Gasteiger partial charge in [0.15, 0.2) is 16.7 Å². The number of halogens is 1. The van der Waals surface area contributed by atoms with Crippen molar-refractivity contribution in [1.29, 1.82) is 0 Å². The van der Waals surface area contributed by atoms with Gasteiger partial charge in [0.05, 0.1) is 27.4 Å². The number of carbonyl (C=O) groups is 1. The first-order chi connectivity index (χ1) is 18.0. The lowest BCUT2D eigenvalue weighted by atomic mass is 10.1. The smallest absolute Gasteiger partial charge is 0.253 e. The lowest BCUT2D eigenvalue weighted by Crippen LogP contribution is -2.36. The molecule has 3 aromatic rings. The van der Waals surface area contributed by atoms with E-state index in [0.717, 1.165) is 30.0 Å². The minimum atomic E-state index is -0.0204. The summed E-state index contributed by atoms with van der Waals surface area (Å²) >= 11 is 7.77. The molecule has 1 aliphatic rings. The molecule has 0 aliphatic carbocycles. The van der Waals surface area contributed by atoms with Gasteiger partial charge in [-0.3, -0.25) is 4.79 Å². The minimum absolute atomic E-state index is 0.0204. The lowest BCUT2D eigenvalue weighted by molar-refractivity contribution is 0.0796. The number of hydrogen-bond acceptors (Lipinski definition) is 8. The SMILES string of the molecule is COc1ccc(CCN(C)C(=O)c2ccc(CSc3nc(Cl)cc(N4CCOCC4)n3)cc2)cc1OC. The molecule has 1 aromatic heterocycles. The second kappa shape index (κ2) is 13.0. The van der Waals surface area contributed by atoms with Gasteiger partial charge < -0.3 is 24.0 Å². The quantitative estimate of drug-likeness (QED) is 0.209. The van der Waals surface area contributed by atoms with Crippen molar-refractivity contribution in [3.05, 3.63) is 70.4 Å². The van der Waals surface area contributed by atoms with E-state index in [1.54, 1.807) is 25.2 Å². The zero-order valence-corrected chi connectivity index (χ0v) is 22.8. The molecule has 1 amide bonds. The van der Waals surface area contributed by atoms with Crippen molar-refractivity contribution < 1.29 is 19.0 Å². The summed E-state index contributed by atoms with van der Waals surface area (Å²) in [6.45, 7) is 3.52. The molecule has 10 heteroatoms. The molecule has 0 bridgehead atoms. The summed E-state index contributed by atoms with van der Waals surface area (Å²) in [5.74, 6) is 2.85. The zero-order valence-electron chi connectivity index (χ0n) is 21.3. The Morgan fingerprint density at radius 3 is 2.43 bits per heavy atom. The van der Waals surface area contributed by atoms with E-state index < -0.39 is 0 Å². The molecule has 37 heavy (non-hydrogen) atoms. The molecule has 4 rings (SSSR count). The van der Waals surface area contributed by atoms with E-state index in [9.17, 15) is 4.79 Å². The Morgan fingerprint density at radius 2 is 1.73 bits per heavy atom. The first kappa shape index (κ1) is 27.0. The minimum Gasteiger partial charge on any atom is -0.493 e. The number of anilines is 1. The van der Waals surface area contributed by atoms with Crippen LogP contribution in [0.4, 0.5) is 5.82 Å². The molecule has 8 nitrogen and oxygen atoms in total. The summed E-state index contributed by atoms with van der Waals surface area (Å²) in [5, 5.41) is 1.06. The second-order valence-electron chi connectivity index (χ2n) is 8.58. The number of nitrogens with zero attached hydrogens (tertiary/aromatic N) is 4. The van der Waals surface area contributed by atoms with Crippen LogP contribution >= 0.6 is 23.4 Å². The average molecular weight is 543 g/mol. The summed E-state index contributed by atoms with van der Waals surface area (Å²) in [6.07, 6.45) is 0.712. The molecule has 0 unspecified atom stereocenters. The normalized spacial score (nSPS) is 13.4. The zero-order chi connectivity index (χ0) is 26.2. The van der Waals surface area contributed by atoms with Crippen molar-refractivity contribution >= 4 is 35.1 Å². The first-order valence-corrected chi connectivity index (χ1v) is 13.4. The van der Waals surface area contributed by atoms with Crippen molar-refractivity contribution in [3.8, 4) is 11.5 Å². The highest BCUT2D eigenvalue weighted by Gasteiger charge is 2.16. The van der Waals surface area contributed by atoms with Gasteiger partial charge in [-0.2, -0.15) is 0 Å². The molecule has 1 saturated heterocycles. The van der Waals surface area contributed by atoms with Crippen LogP contribution in [0.1, 0.15) is 21.5 Å². The molecule has 1 fully saturated rings. The summed E-state index contributed by atoms with van der Waals surface area (Å²) < 4.78 is 16.1. The molecule has 0 saturated carbocycles. The third-order valence-electron chi connectivity index (χ3n) is 6.10. The summed E-state index contributed by atoms with van der Waals surface area (Å²) in [4.78, 5) is 25.9. The summed E-state index contributed by atoms with van der Waals surface area (Å²) in [7, 11) is 5.04. The Bertz CT molecular complexity index is 1210. The predicted octanol–water partition coefficient (Wildman–Crippen LogP) is 4.59. The van der Waals surface area contributed by atoms with Crippen LogP contribution in [0.5, 0.6) is 11.5 Å². The number of carbonyl (C=O) groups excluding carboxylic acids is 1. The fourth-order valence-corrected chi connectivity index (χ4v) is 4.99. The maximum Gasteiger partial charge on any atom is 0.253 e. The Balaban J connectivity index is 1.31. The Kier molecular flexibility index (Phi) is 9.49. The van der Waals surface area contributed by atoms with Gasteiger partial charge in [0, 0.05) is 44.1 Å². The molecule has 0 spiro atoms. The number of rotatable bonds is 10. The van der Waals surface area contributed by atoms with Gasteiger partial charge >= 0.3 is 0 Å². The monoisotopic (exact) mass is 542 g/mol. The molecule has 0 N–H and O–H groups in total. The van der Waals surface area contributed by atoms with E-state index >= 15 is 0 Å². The maximum atomic E-state index is 12.9. The Labute approximate surface area is 226 Å². The highest BCUT2D eigenvalue weighted by Crippen LogP contribution is 2.28. The summed E-state index contributed by atoms with van der Waals surface area (Å²) in [6, 6.07) is 15.3. The molecule has 0 atom stereocenters. The van der Waals surface area contributed by atoms with E-state index in [1.165, 1.54) is 11.8 Å². The van der Waals surface area contributed by atoms with Crippen molar-refractivity contribution in [1.82, 2.24) is 14.9 Å². The van der Waals surface area contributed by atoms with E-state index in [-0.39, 0.29) is 5.91 Å². The van der Waals surface area contributed by atoms with E-state index in [2.05, 4.69) is 14.9 Å². The number of morpholine rings is 1. The number of thioether (sulfide) groups is 1. The second-order valence-corrected chi connectivity index (χ2v) is 9.91. The van der Waals surface area contributed by atoms with E-state index in [4.69, 9.17) is 25.8 Å². The van der Waals surface area contributed by atoms with Gasteiger partial charge in [0.25, 0.3) is 5.91 Å². The predicted molar refractivity (Wildman–Crippen MR) is 146 cm³/mol. The van der Waals surface area contributed by atoms with Crippen molar-refractivity contribution in [2.75, 3.05) is 59.0 Å². The van der Waals surface area contributed by atoms with Gasteiger partial charge in [0.2, 0.25) is 0 Å². The van der Waals surface area contributed by atoms with Crippen LogP contribution in [-0.4, -0.2) is 74.9 Å². The standard InChI is InChI=1S/C27H31ClN4O4S/c1-31(11-10-19-6-9-22(34-2)23(16-19)35-3)26(33)21-7-4-20(5-8-21)18-37-27-29-24(28)17-25(30-27)32-12-14-36-15-13-32/h4-9,16-17H,10-15,18H2,1-3H3. The molecular weight excluding hydrogens is 512 g/mol. The maximum absolute atomic E-state index is 12.9. The van der Waals surface area contributed by atoms with E-state index in [1.807, 2.05) is 49.5 Å². The first-order valence-electron chi connectivity index (χ1n) is 12.0. The summed E-state index contributed by atoms with van der Waals surface area (Å²) in [5.41, 5.74) is 2.80. The van der Waals surface area contributed by atoms with Gasteiger partial charge in [-0.1, -0.05) is 41.6 Å². The molecule has 2 heterocycles. The Morgan fingerprint density at radius 1 is 1.03 bits per heavy atom. The van der Waals surface area contributed by atoms with Crippen LogP contribution in [-0.2, 0) is 16.9 Å². The van der Waals surface area contributed by atoms with Gasteiger partial charge in [-0.25, -0.2) is 9.97 Å². The van der Waals surface area contributed by atoms with Crippen molar-refractivity contribution in [2.24, 2.45) is 0 Å². The molecule has 0 radical (unpaired) electrons. The number of methoxy groups -OCH3 is 2. The topological polar surface area (TPSA) is 77.0 Å². The van der Waals surface area contributed by atoms with Crippen LogP contribution in [0.15, 0.2) is 53.7 Å². The van der Waals surface area contributed by atoms with Crippen LogP contribution < -0.4 is 14.4 Å². The van der Waals surface area contributed by atoms with Crippen LogP contribution in [0.25, 0.3) is 0 Å². The molecule has 196 valence electrons. The third kappa shape index (κ3) is 7.28. The third-order valence-corrected chi connectivity index (χ3v) is 7.21. The number of benzene rings is 2. The fraction of sp³-hybridized carbons (Fsp3) is 0.370. The number of ether oxygens (including phenoxy) is 3. The van der Waals surface area contributed by atoms with Gasteiger partial charge in [-0.15, -0.1) is 0 Å². The highest BCUT2D eigenvalue weighted by atomic mass is 35.5. The molecular formula is C27H31ClN4O4S. The number of amides is 1. The van der Waals surface area contributed by atoms with Crippen LogP contribution in [0.3, 0.4) is 0 Å². The lowest BCUT2D eigenvalue weighted by Gasteiger charge is -2.27. The highest BCUT2D eigenvalue weighted by molar-refractivity contribution is 7.98. The average Bonchev–Trinajstić information content (AvgIpc) is 2.94. The van der Waals surface area contributed by atoms with Gasteiger partial charge in [-0.05, 0) is 41.8 Å². The van der Waals surface area contributed by atoms with Crippen LogP contribution in [0.2, 0.25) is 5.15 Å². The fourth-order valence-electron chi connectivity index (χ4n) is 3.95. The number of aromatic nitrogens is 2. The molecule has 2 aromatic carbocycles. The van der Waals surface area contributed by atoms with Gasteiger partial charge in [0.1, 0.15) is 11.0 Å². The molecule has 1 aliphatic heterocycles. The van der Waals surface area contributed by atoms with Crippen LogP contribution in [0, 0.1) is 0 Å². The largest absolute Gasteiger partial charge is 0.493 e. The number of hydrogen-bond donors (Lipinski definition) is 0.